The molecule has 2 aromatic carbocycles. The number of amides is 1. The maximum atomic E-state index is 14.1. The zero-order chi connectivity index (χ0) is 31.6. The SMILES string of the molecule is CNC(=O)C1=Cc2cc(NCc3cc(CC(=O)c4ccc(CN5CCC(N(C)C)C5)c(C(F)(F)F)c4)ccc3C)cnc2C1. The van der Waals surface area contributed by atoms with Gasteiger partial charge in [-0.2, -0.15) is 13.2 Å². The fraction of sp³-hybridized carbons (Fsp3) is 0.382. The molecule has 1 aliphatic carbocycles. The van der Waals surface area contributed by atoms with Crippen LogP contribution >= 0.6 is 0 Å². The van der Waals surface area contributed by atoms with Gasteiger partial charge in [0, 0.05) is 63.2 Å². The fourth-order valence-electron chi connectivity index (χ4n) is 5.88. The maximum absolute atomic E-state index is 14.1. The zero-order valence-electron chi connectivity index (χ0n) is 25.5. The van der Waals surface area contributed by atoms with E-state index >= 15 is 0 Å². The van der Waals surface area contributed by atoms with Crippen LogP contribution in [0, 0.1) is 6.92 Å². The van der Waals surface area contributed by atoms with Crippen molar-refractivity contribution in [2.45, 2.75) is 51.5 Å². The van der Waals surface area contributed by atoms with Crippen LogP contribution in [0.5, 0.6) is 0 Å². The van der Waals surface area contributed by atoms with Crippen LogP contribution in [0.1, 0.15) is 55.9 Å². The van der Waals surface area contributed by atoms with Crippen LogP contribution < -0.4 is 10.6 Å². The number of carbonyl (C=O) groups is 2. The largest absolute Gasteiger partial charge is 0.416 e. The van der Waals surface area contributed by atoms with Gasteiger partial charge < -0.3 is 15.5 Å². The molecule has 1 unspecified atom stereocenters. The van der Waals surface area contributed by atoms with Crippen LogP contribution in [0.15, 0.2) is 54.2 Å². The first kappa shape index (κ1) is 31.4. The number of benzene rings is 2. The molecule has 232 valence electrons. The van der Waals surface area contributed by atoms with E-state index in [0.29, 0.717) is 31.1 Å². The van der Waals surface area contributed by atoms with Gasteiger partial charge >= 0.3 is 6.18 Å². The smallest absolute Gasteiger partial charge is 0.380 e. The summed E-state index contributed by atoms with van der Waals surface area (Å²) >= 11 is 0. The first-order valence-corrected chi connectivity index (χ1v) is 14.8. The van der Waals surface area contributed by atoms with E-state index in [9.17, 15) is 22.8 Å². The van der Waals surface area contributed by atoms with Gasteiger partial charge in [0.15, 0.2) is 5.78 Å². The second kappa shape index (κ2) is 12.9. The Morgan fingerprint density at radius 3 is 2.59 bits per heavy atom. The lowest BCUT2D eigenvalue weighted by Gasteiger charge is -2.22. The van der Waals surface area contributed by atoms with Crippen LogP contribution in [0.4, 0.5) is 18.9 Å². The van der Waals surface area contributed by atoms with Gasteiger partial charge in [-0.15, -0.1) is 0 Å². The van der Waals surface area contributed by atoms with Gasteiger partial charge in [-0.3, -0.25) is 19.5 Å². The summed E-state index contributed by atoms with van der Waals surface area (Å²) in [6.07, 6.45) is 0.421. The number of aromatic nitrogens is 1. The molecule has 1 aromatic heterocycles. The van der Waals surface area contributed by atoms with Gasteiger partial charge in [-0.05, 0) is 73.5 Å². The number of Topliss-reactive ketones (excluding diaryl/α,β-unsaturated/α-hetero) is 1. The van der Waals surface area contributed by atoms with Gasteiger partial charge in [0.2, 0.25) is 5.91 Å². The Balaban J connectivity index is 1.26. The van der Waals surface area contributed by atoms with Crippen molar-refractivity contribution in [3.8, 4) is 0 Å². The highest BCUT2D eigenvalue weighted by molar-refractivity contribution is 6.00. The van der Waals surface area contributed by atoms with Gasteiger partial charge in [-0.1, -0.05) is 30.3 Å². The molecule has 1 atom stereocenters. The summed E-state index contributed by atoms with van der Waals surface area (Å²) in [6, 6.07) is 11.9. The molecular weight excluding hydrogens is 567 g/mol. The lowest BCUT2D eigenvalue weighted by molar-refractivity contribution is -0.138. The zero-order valence-corrected chi connectivity index (χ0v) is 25.5. The molecule has 0 radical (unpaired) electrons. The highest BCUT2D eigenvalue weighted by Gasteiger charge is 2.35. The Kier molecular flexibility index (Phi) is 9.22. The summed E-state index contributed by atoms with van der Waals surface area (Å²) in [6.45, 7) is 4.10. The average molecular weight is 606 g/mol. The first-order valence-electron chi connectivity index (χ1n) is 14.8. The Hall–Kier alpha value is -4.02. The maximum Gasteiger partial charge on any atom is 0.416 e. The second-order valence-electron chi connectivity index (χ2n) is 11.9. The highest BCUT2D eigenvalue weighted by atomic mass is 19.4. The molecule has 1 fully saturated rings. The van der Waals surface area contributed by atoms with Gasteiger partial charge in [0.1, 0.15) is 0 Å². The summed E-state index contributed by atoms with van der Waals surface area (Å²) in [7, 11) is 5.57. The first-order chi connectivity index (χ1) is 20.9. The lowest BCUT2D eigenvalue weighted by Crippen LogP contribution is -2.31. The van der Waals surface area contributed by atoms with E-state index in [0.717, 1.165) is 52.7 Å². The minimum atomic E-state index is -4.55. The van der Waals surface area contributed by atoms with Crippen LogP contribution in [0.25, 0.3) is 6.08 Å². The van der Waals surface area contributed by atoms with E-state index in [1.165, 1.54) is 12.1 Å². The van der Waals surface area contributed by atoms with Crippen molar-refractivity contribution < 1.29 is 22.8 Å². The summed E-state index contributed by atoms with van der Waals surface area (Å²) in [5.41, 5.74) is 5.43. The van der Waals surface area contributed by atoms with E-state index < -0.39 is 11.7 Å². The van der Waals surface area contributed by atoms with Crippen molar-refractivity contribution in [1.29, 1.82) is 0 Å². The van der Waals surface area contributed by atoms with Crippen molar-refractivity contribution in [1.82, 2.24) is 20.1 Å². The van der Waals surface area contributed by atoms with Crippen molar-refractivity contribution in [2.24, 2.45) is 0 Å². The molecule has 0 spiro atoms. The Bertz CT molecular complexity index is 1600. The highest BCUT2D eigenvalue weighted by Crippen LogP contribution is 2.34. The molecule has 3 aromatic rings. The minimum Gasteiger partial charge on any atom is -0.380 e. The standard InChI is InChI=1S/C34H38F3N5O2/c1-21-5-6-22(11-27(21)17-39-28-14-25-13-26(33(44)38-2)16-31(25)40-18-28)12-32(43)23-7-8-24(30(15-23)34(35,36)37)19-42-10-9-29(20-42)41(3)4/h5-8,11,13-15,18,29,39H,9-10,12,16-17,19-20H2,1-4H3,(H,38,44). The predicted molar refractivity (Wildman–Crippen MR) is 165 cm³/mol. The molecule has 7 nitrogen and oxygen atoms in total. The molecule has 5 rings (SSSR count). The second-order valence-corrected chi connectivity index (χ2v) is 11.9. The van der Waals surface area contributed by atoms with Crippen molar-refractivity contribution in [3.63, 3.8) is 0 Å². The number of nitrogens with one attached hydrogen (secondary N) is 2. The predicted octanol–water partition coefficient (Wildman–Crippen LogP) is 5.27. The third-order valence-corrected chi connectivity index (χ3v) is 8.58. The van der Waals surface area contributed by atoms with E-state index in [-0.39, 0.29) is 35.8 Å². The molecule has 0 saturated carbocycles. The van der Waals surface area contributed by atoms with Crippen LogP contribution in [0.2, 0.25) is 0 Å². The number of hydrogen-bond donors (Lipinski definition) is 2. The minimum absolute atomic E-state index is 0.00592. The quantitative estimate of drug-likeness (QED) is 0.307. The van der Waals surface area contributed by atoms with E-state index in [1.807, 2.05) is 56.3 Å². The van der Waals surface area contributed by atoms with Gasteiger partial charge in [0.25, 0.3) is 0 Å². The summed E-state index contributed by atoms with van der Waals surface area (Å²) < 4.78 is 42.3. The van der Waals surface area contributed by atoms with E-state index in [1.54, 1.807) is 13.2 Å². The summed E-state index contributed by atoms with van der Waals surface area (Å²) in [5.74, 6) is -0.481. The molecule has 2 N–H and O–H groups in total. The number of likely N-dealkylation sites (N-methyl/N-ethyl adjacent to an activating group) is 2. The monoisotopic (exact) mass is 605 g/mol. The molecule has 2 heterocycles. The van der Waals surface area contributed by atoms with Crippen LogP contribution in [0.3, 0.4) is 0 Å². The van der Waals surface area contributed by atoms with E-state index in [4.69, 9.17) is 0 Å². The number of halogens is 3. The van der Waals surface area contributed by atoms with Crippen molar-refractivity contribution >= 4 is 23.5 Å². The number of anilines is 1. The summed E-state index contributed by atoms with van der Waals surface area (Å²) in [4.78, 5) is 33.8. The molecule has 44 heavy (non-hydrogen) atoms. The number of ketones is 1. The number of rotatable bonds is 10. The van der Waals surface area contributed by atoms with E-state index in [2.05, 4.69) is 20.5 Å². The average Bonchev–Trinajstić information content (AvgIpc) is 3.64. The molecule has 1 saturated heterocycles. The van der Waals surface area contributed by atoms with Crippen LogP contribution in [-0.4, -0.2) is 66.7 Å². The Morgan fingerprint density at radius 2 is 1.89 bits per heavy atom. The lowest BCUT2D eigenvalue weighted by atomic mass is 9.96. The number of aryl methyl sites for hydroxylation is 1. The van der Waals surface area contributed by atoms with Gasteiger partial charge in [0.05, 0.1) is 23.1 Å². The third-order valence-electron chi connectivity index (χ3n) is 8.58. The number of likely N-dealkylation sites (tertiary alicyclic amines) is 1. The van der Waals surface area contributed by atoms with Crippen molar-refractivity contribution in [2.75, 3.05) is 39.5 Å². The molecule has 1 amide bonds. The molecule has 1 aliphatic heterocycles. The summed E-state index contributed by atoms with van der Waals surface area (Å²) in [5, 5.41) is 6.00. The number of fused-ring (bicyclic) bond motifs is 1. The molecular formula is C34H38F3N5O2. The number of pyridine rings is 1. The van der Waals surface area contributed by atoms with Gasteiger partial charge in [-0.25, -0.2) is 0 Å². The van der Waals surface area contributed by atoms with Crippen LogP contribution in [-0.2, 0) is 36.9 Å². The number of hydrogen-bond acceptors (Lipinski definition) is 6. The third kappa shape index (κ3) is 7.19. The number of nitrogens with zero attached hydrogens (tertiary/aromatic N) is 3. The fourth-order valence-corrected chi connectivity index (χ4v) is 5.88. The number of alkyl halides is 3. The molecule has 2 aliphatic rings. The topological polar surface area (TPSA) is 77.6 Å². The Labute approximate surface area is 256 Å². The normalized spacial score (nSPS) is 16.6. The van der Waals surface area contributed by atoms with Crippen molar-refractivity contribution in [3.05, 3.63) is 98.9 Å². The molecule has 10 heteroatoms. The Morgan fingerprint density at radius 1 is 1.09 bits per heavy atom. The molecule has 0 bridgehead atoms. The number of carbonyl (C=O) groups excluding carboxylic acids is 2.